The zero-order valence-electron chi connectivity index (χ0n) is 24.4. The van der Waals surface area contributed by atoms with Crippen molar-refractivity contribution in [3.05, 3.63) is 18.2 Å². The molecule has 2 saturated carbocycles. The highest BCUT2D eigenvalue weighted by molar-refractivity contribution is 6.04. The van der Waals surface area contributed by atoms with E-state index >= 15 is 0 Å². The molecule has 1 saturated heterocycles. The molecule has 2 aliphatic carbocycles. The second kappa shape index (κ2) is 11.7. The van der Waals surface area contributed by atoms with Gasteiger partial charge in [-0.2, -0.15) is 0 Å². The second-order valence-corrected chi connectivity index (χ2v) is 12.3. The number of hydrogen-bond donors (Lipinski definition) is 2. The number of nitrogens with two attached hydrogens (primary N) is 1. The minimum Gasteiger partial charge on any atom is -0.476 e. The van der Waals surface area contributed by atoms with E-state index in [-0.39, 0.29) is 41.1 Å². The number of rotatable bonds is 12. The zero-order chi connectivity index (χ0) is 28.5. The number of methoxy groups -OCH3 is 1. The standard InChI is InChI=1S/C30H44N4O6/c1-5-39-19-30(11-12-30)32-26(35)20-15-21(18-31-17-20)27(36)34(22-7-8-22)23-9-10-25-24(16-23)33(13-6-14-38-4)28(37)29(2,3)40-25/h9-10,16,20-22,31H,5-8,11-15,17-19H2,1-4H3,(H,32,35)/p+1/t20-,21+/m0/s1. The van der Waals surface area contributed by atoms with Crippen LogP contribution in [-0.2, 0) is 23.9 Å². The Balaban J connectivity index is 1.32. The molecular formula is C30H45N4O6+. The van der Waals surface area contributed by atoms with Crippen LogP contribution in [0.1, 0.15) is 59.3 Å². The summed E-state index contributed by atoms with van der Waals surface area (Å²) in [6.07, 6.45) is 5.01. The summed E-state index contributed by atoms with van der Waals surface area (Å²) in [4.78, 5) is 44.2. The minimum absolute atomic E-state index is 0.0303. The molecule has 2 atom stereocenters. The highest BCUT2D eigenvalue weighted by Gasteiger charge is 2.47. The molecule has 4 aliphatic rings. The van der Waals surface area contributed by atoms with Gasteiger partial charge in [0.1, 0.15) is 5.75 Å². The van der Waals surface area contributed by atoms with E-state index in [1.54, 1.807) is 25.9 Å². The number of quaternary nitrogens is 1. The summed E-state index contributed by atoms with van der Waals surface area (Å²) in [5.74, 6) is 0.154. The Morgan fingerprint density at radius 1 is 1.20 bits per heavy atom. The van der Waals surface area contributed by atoms with Crippen LogP contribution in [0.2, 0.25) is 0 Å². The molecule has 0 aromatic heterocycles. The zero-order valence-corrected chi connectivity index (χ0v) is 24.4. The van der Waals surface area contributed by atoms with Gasteiger partial charge in [-0.1, -0.05) is 0 Å². The maximum absolute atomic E-state index is 14.0. The van der Waals surface area contributed by atoms with Crippen LogP contribution in [0.15, 0.2) is 18.2 Å². The second-order valence-electron chi connectivity index (χ2n) is 12.3. The lowest BCUT2D eigenvalue weighted by Gasteiger charge is -2.39. The van der Waals surface area contributed by atoms with E-state index in [4.69, 9.17) is 14.2 Å². The number of nitrogens with zero attached hydrogens (tertiary/aromatic N) is 2. The van der Waals surface area contributed by atoms with E-state index in [1.165, 1.54) is 0 Å². The summed E-state index contributed by atoms with van der Waals surface area (Å²) in [7, 11) is 1.65. The van der Waals surface area contributed by atoms with Crippen molar-refractivity contribution in [1.82, 2.24) is 5.32 Å². The van der Waals surface area contributed by atoms with Crippen molar-refractivity contribution in [2.24, 2.45) is 11.8 Å². The lowest BCUT2D eigenvalue weighted by molar-refractivity contribution is -0.671. The Kier molecular flexibility index (Phi) is 8.40. The number of anilines is 2. The molecule has 1 aromatic rings. The fourth-order valence-electron chi connectivity index (χ4n) is 5.91. The molecule has 2 aliphatic heterocycles. The van der Waals surface area contributed by atoms with Crippen LogP contribution in [0.3, 0.4) is 0 Å². The molecule has 2 heterocycles. The van der Waals surface area contributed by atoms with Gasteiger partial charge >= 0.3 is 0 Å². The number of ether oxygens (including phenoxy) is 3. The molecule has 0 radical (unpaired) electrons. The predicted octanol–water partition coefficient (Wildman–Crippen LogP) is 1.61. The third kappa shape index (κ3) is 6.14. The summed E-state index contributed by atoms with van der Waals surface area (Å²) in [6.45, 7) is 9.12. The normalized spacial score (nSPS) is 24.6. The van der Waals surface area contributed by atoms with Crippen LogP contribution in [0.5, 0.6) is 5.75 Å². The van der Waals surface area contributed by atoms with Crippen LogP contribution in [0, 0.1) is 11.8 Å². The first-order valence-electron chi connectivity index (χ1n) is 14.9. The van der Waals surface area contributed by atoms with E-state index in [1.807, 2.05) is 30.0 Å². The molecule has 3 amide bonds. The van der Waals surface area contributed by atoms with Crippen LogP contribution in [0.4, 0.5) is 11.4 Å². The largest absolute Gasteiger partial charge is 0.476 e. The maximum atomic E-state index is 14.0. The average molecular weight is 558 g/mol. The molecule has 3 fully saturated rings. The number of nitrogens with one attached hydrogen (secondary N) is 1. The van der Waals surface area contributed by atoms with E-state index in [0.717, 1.165) is 31.4 Å². The van der Waals surface area contributed by atoms with Gasteiger partial charge in [-0.15, -0.1) is 0 Å². The smallest absolute Gasteiger partial charge is 0.270 e. The molecule has 0 unspecified atom stereocenters. The van der Waals surface area contributed by atoms with Gasteiger partial charge < -0.3 is 34.6 Å². The van der Waals surface area contributed by atoms with E-state index < -0.39 is 5.60 Å². The predicted molar refractivity (Wildman–Crippen MR) is 150 cm³/mol. The maximum Gasteiger partial charge on any atom is 0.270 e. The van der Waals surface area contributed by atoms with Gasteiger partial charge in [-0.25, -0.2) is 0 Å². The lowest BCUT2D eigenvalue weighted by atomic mass is 9.88. The molecule has 0 spiro atoms. The molecule has 10 heteroatoms. The van der Waals surface area contributed by atoms with E-state index in [2.05, 4.69) is 10.6 Å². The van der Waals surface area contributed by atoms with Gasteiger partial charge in [0.25, 0.3) is 5.91 Å². The summed E-state index contributed by atoms with van der Waals surface area (Å²) >= 11 is 0. The first kappa shape index (κ1) is 28.8. The topological polar surface area (TPSA) is 114 Å². The van der Waals surface area contributed by atoms with Crippen LogP contribution >= 0.6 is 0 Å². The fraction of sp³-hybridized carbons (Fsp3) is 0.700. The van der Waals surface area contributed by atoms with Crippen molar-refractivity contribution >= 4 is 29.1 Å². The van der Waals surface area contributed by atoms with Crippen molar-refractivity contribution in [3.8, 4) is 5.75 Å². The van der Waals surface area contributed by atoms with Crippen LogP contribution in [0.25, 0.3) is 0 Å². The van der Waals surface area contributed by atoms with Crippen molar-refractivity contribution in [2.45, 2.75) is 76.5 Å². The summed E-state index contributed by atoms with van der Waals surface area (Å²) < 4.78 is 16.9. The number of carbonyl (C=O) groups excluding carboxylic acids is 3. The quantitative estimate of drug-likeness (QED) is 0.378. The molecule has 10 nitrogen and oxygen atoms in total. The van der Waals surface area contributed by atoms with Gasteiger partial charge in [0.15, 0.2) is 5.60 Å². The van der Waals surface area contributed by atoms with Gasteiger partial charge in [0.2, 0.25) is 11.8 Å². The molecule has 220 valence electrons. The van der Waals surface area contributed by atoms with Crippen molar-refractivity contribution in [2.75, 3.05) is 56.4 Å². The Morgan fingerprint density at radius 2 is 1.95 bits per heavy atom. The highest BCUT2D eigenvalue weighted by Crippen LogP contribution is 2.43. The Hall–Kier alpha value is -2.69. The average Bonchev–Trinajstić information content (AvgIpc) is 3.88. The molecule has 1 aromatic carbocycles. The summed E-state index contributed by atoms with van der Waals surface area (Å²) in [6, 6.07) is 5.86. The van der Waals surface area contributed by atoms with Crippen LogP contribution < -0.4 is 25.2 Å². The first-order chi connectivity index (χ1) is 19.2. The van der Waals surface area contributed by atoms with Crippen LogP contribution in [-0.4, -0.2) is 81.5 Å². The van der Waals surface area contributed by atoms with E-state index in [0.29, 0.717) is 63.7 Å². The third-order valence-electron chi connectivity index (χ3n) is 8.53. The Labute approximate surface area is 237 Å². The van der Waals surface area contributed by atoms with Gasteiger partial charge in [-0.05, 0) is 77.5 Å². The Bertz CT molecular complexity index is 1120. The fourth-order valence-corrected chi connectivity index (χ4v) is 5.91. The minimum atomic E-state index is -0.969. The van der Waals surface area contributed by atoms with E-state index in [9.17, 15) is 14.4 Å². The number of piperidine rings is 1. The molecule has 40 heavy (non-hydrogen) atoms. The highest BCUT2D eigenvalue weighted by atomic mass is 16.5. The summed E-state index contributed by atoms with van der Waals surface area (Å²) in [5, 5.41) is 5.33. The number of carbonyl (C=O) groups is 3. The first-order valence-corrected chi connectivity index (χ1v) is 14.9. The Morgan fingerprint density at radius 3 is 2.62 bits per heavy atom. The van der Waals surface area contributed by atoms with Gasteiger partial charge in [0.05, 0.1) is 42.8 Å². The number of benzene rings is 1. The van der Waals surface area contributed by atoms with Gasteiger partial charge in [-0.3, -0.25) is 14.4 Å². The third-order valence-corrected chi connectivity index (χ3v) is 8.53. The number of amides is 3. The molecule has 5 rings (SSSR count). The van der Waals surface area contributed by atoms with Crippen molar-refractivity contribution in [1.29, 1.82) is 0 Å². The van der Waals surface area contributed by atoms with Crippen molar-refractivity contribution in [3.63, 3.8) is 0 Å². The number of fused-ring (bicyclic) bond motifs is 1. The van der Waals surface area contributed by atoms with Crippen molar-refractivity contribution < 1.29 is 33.9 Å². The lowest BCUT2D eigenvalue weighted by Crippen LogP contribution is -2.90. The monoisotopic (exact) mass is 557 g/mol. The summed E-state index contributed by atoms with van der Waals surface area (Å²) in [5.41, 5.74) is 0.270. The molecule has 3 N–H and O–H groups in total. The number of hydrogen-bond acceptors (Lipinski definition) is 6. The molecular weight excluding hydrogens is 512 g/mol. The van der Waals surface area contributed by atoms with Gasteiger partial charge in [0, 0.05) is 38.6 Å². The molecule has 0 bridgehead atoms. The SMILES string of the molecule is CCOCC1(NC(=O)[C@@H]2C[NH2+]C[C@H](C(=O)N(c3ccc4c(c3)N(CCCOC)C(=O)C(C)(C)O4)C3CC3)C2)CC1.